The maximum Gasteiger partial charge on any atom is 0.146 e. The standard InChI is InChI=1S/C17H27FN2/c1-12(2)15-7-8-20(11-15)17-6-5-14(9-16(17)18)10-19-13(3)4/h5-6,9,12-13,15,19H,7-8,10-11H2,1-4H3. The van der Waals surface area contributed by atoms with Crippen molar-refractivity contribution in [1.29, 1.82) is 0 Å². The van der Waals surface area contributed by atoms with Crippen molar-refractivity contribution in [3.8, 4) is 0 Å². The van der Waals surface area contributed by atoms with E-state index in [2.05, 4.69) is 37.9 Å². The third kappa shape index (κ3) is 3.72. The molecule has 1 fully saturated rings. The lowest BCUT2D eigenvalue weighted by molar-refractivity contribution is 0.422. The van der Waals surface area contributed by atoms with E-state index in [0.717, 1.165) is 30.9 Å². The first-order valence-corrected chi connectivity index (χ1v) is 7.74. The van der Waals surface area contributed by atoms with E-state index in [0.29, 0.717) is 17.9 Å². The van der Waals surface area contributed by atoms with Crippen LogP contribution >= 0.6 is 0 Å². The van der Waals surface area contributed by atoms with Gasteiger partial charge in [0.1, 0.15) is 5.82 Å². The lowest BCUT2D eigenvalue weighted by Gasteiger charge is -2.21. The van der Waals surface area contributed by atoms with Crippen LogP contribution in [0.15, 0.2) is 18.2 Å². The smallest absolute Gasteiger partial charge is 0.146 e. The van der Waals surface area contributed by atoms with Gasteiger partial charge in [-0.15, -0.1) is 0 Å². The van der Waals surface area contributed by atoms with Gasteiger partial charge in [0.15, 0.2) is 0 Å². The topological polar surface area (TPSA) is 15.3 Å². The minimum atomic E-state index is -0.0857. The van der Waals surface area contributed by atoms with E-state index < -0.39 is 0 Å². The van der Waals surface area contributed by atoms with Gasteiger partial charge < -0.3 is 10.2 Å². The SMILES string of the molecule is CC(C)NCc1ccc(N2CCC(C(C)C)C2)c(F)c1. The summed E-state index contributed by atoms with van der Waals surface area (Å²) in [6, 6.07) is 6.07. The first kappa shape index (κ1) is 15.3. The van der Waals surface area contributed by atoms with E-state index in [9.17, 15) is 4.39 Å². The van der Waals surface area contributed by atoms with Crippen LogP contribution in [0.5, 0.6) is 0 Å². The zero-order valence-electron chi connectivity index (χ0n) is 13.1. The Morgan fingerprint density at radius 2 is 2.05 bits per heavy atom. The monoisotopic (exact) mass is 278 g/mol. The second-order valence-electron chi connectivity index (χ2n) is 6.56. The summed E-state index contributed by atoms with van der Waals surface area (Å²) < 4.78 is 14.3. The van der Waals surface area contributed by atoms with Crippen molar-refractivity contribution in [2.24, 2.45) is 11.8 Å². The molecule has 1 unspecified atom stereocenters. The minimum absolute atomic E-state index is 0.0857. The molecule has 3 heteroatoms. The Balaban J connectivity index is 2.03. The van der Waals surface area contributed by atoms with Crippen molar-refractivity contribution in [3.63, 3.8) is 0 Å². The van der Waals surface area contributed by atoms with E-state index in [1.807, 2.05) is 12.1 Å². The van der Waals surface area contributed by atoms with Gasteiger partial charge in [0.2, 0.25) is 0 Å². The van der Waals surface area contributed by atoms with Crippen LogP contribution in [-0.2, 0) is 6.54 Å². The average molecular weight is 278 g/mol. The molecule has 0 saturated carbocycles. The first-order chi connectivity index (χ1) is 9.47. The van der Waals surface area contributed by atoms with Crippen molar-refractivity contribution >= 4 is 5.69 Å². The molecular weight excluding hydrogens is 251 g/mol. The van der Waals surface area contributed by atoms with Crippen LogP contribution in [0.2, 0.25) is 0 Å². The summed E-state index contributed by atoms with van der Waals surface area (Å²) in [5.41, 5.74) is 1.78. The highest BCUT2D eigenvalue weighted by molar-refractivity contribution is 5.50. The Hall–Kier alpha value is -1.09. The van der Waals surface area contributed by atoms with Gasteiger partial charge >= 0.3 is 0 Å². The lowest BCUT2D eigenvalue weighted by atomic mass is 9.95. The van der Waals surface area contributed by atoms with Crippen molar-refractivity contribution in [2.45, 2.75) is 46.7 Å². The number of benzene rings is 1. The summed E-state index contributed by atoms with van der Waals surface area (Å²) in [6.45, 7) is 11.4. The Bertz CT molecular complexity index is 443. The molecule has 0 aliphatic carbocycles. The number of nitrogens with one attached hydrogen (secondary N) is 1. The molecule has 0 aromatic heterocycles. The molecule has 2 rings (SSSR count). The average Bonchev–Trinajstić information content (AvgIpc) is 2.86. The molecule has 112 valence electrons. The predicted octanol–water partition coefficient (Wildman–Crippen LogP) is 3.81. The maximum atomic E-state index is 14.3. The molecule has 1 aromatic carbocycles. The van der Waals surface area contributed by atoms with Crippen molar-refractivity contribution in [2.75, 3.05) is 18.0 Å². The number of hydrogen-bond donors (Lipinski definition) is 1. The van der Waals surface area contributed by atoms with Gasteiger partial charge in [0.25, 0.3) is 0 Å². The van der Waals surface area contributed by atoms with E-state index >= 15 is 0 Å². The molecule has 1 aliphatic rings. The second-order valence-corrected chi connectivity index (χ2v) is 6.56. The summed E-state index contributed by atoms with van der Waals surface area (Å²) in [7, 11) is 0. The Labute approximate surface area is 122 Å². The van der Waals surface area contributed by atoms with Crippen LogP contribution < -0.4 is 10.2 Å². The van der Waals surface area contributed by atoms with Crippen LogP contribution in [0.3, 0.4) is 0 Å². The fourth-order valence-electron chi connectivity index (χ4n) is 2.79. The third-order valence-electron chi connectivity index (χ3n) is 4.23. The van der Waals surface area contributed by atoms with Gasteiger partial charge in [-0.3, -0.25) is 0 Å². The van der Waals surface area contributed by atoms with Gasteiger partial charge in [-0.2, -0.15) is 0 Å². The number of anilines is 1. The minimum Gasteiger partial charge on any atom is -0.369 e. The largest absolute Gasteiger partial charge is 0.369 e. The van der Waals surface area contributed by atoms with Crippen molar-refractivity contribution in [3.05, 3.63) is 29.6 Å². The predicted molar refractivity (Wildman–Crippen MR) is 83.5 cm³/mol. The van der Waals surface area contributed by atoms with Gasteiger partial charge in [0.05, 0.1) is 5.69 Å². The van der Waals surface area contributed by atoms with Crippen LogP contribution in [0.25, 0.3) is 0 Å². The van der Waals surface area contributed by atoms with Crippen LogP contribution in [0.4, 0.5) is 10.1 Å². The number of rotatable bonds is 5. The summed E-state index contributed by atoms with van der Waals surface area (Å²) in [6.07, 6.45) is 1.17. The zero-order valence-corrected chi connectivity index (χ0v) is 13.1. The molecule has 1 N–H and O–H groups in total. The molecule has 20 heavy (non-hydrogen) atoms. The number of halogens is 1. The molecule has 0 radical (unpaired) electrons. The summed E-state index contributed by atoms with van der Waals surface area (Å²) in [5.74, 6) is 1.28. The maximum absolute atomic E-state index is 14.3. The number of hydrogen-bond acceptors (Lipinski definition) is 2. The van der Waals surface area contributed by atoms with Gasteiger partial charge in [-0.25, -0.2) is 4.39 Å². The highest BCUT2D eigenvalue weighted by Gasteiger charge is 2.26. The molecular formula is C17H27FN2. The first-order valence-electron chi connectivity index (χ1n) is 7.74. The van der Waals surface area contributed by atoms with Gasteiger partial charge in [-0.05, 0) is 36.0 Å². The Kier molecular flexibility index (Phi) is 5.03. The molecule has 1 aromatic rings. The highest BCUT2D eigenvalue weighted by Crippen LogP contribution is 2.30. The summed E-state index contributed by atoms with van der Waals surface area (Å²) in [4.78, 5) is 2.19. The van der Waals surface area contributed by atoms with Crippen LogP contribution in [0.1, 0.15) is 39.7 Å². The van der Waals surface area contributed by atoms with Crippen molar-refractivity contribution in [1.82, 2.24) is 5.32 Å². The Morgan fingerprint density at radius 3 is 2.60 bits per heavy atom. The lowest BCUT2D eigenvalue weighted by Crippen LogP contribution is -2.23. The highest BCUT2D eigenvalue weighted by atomic mass is 19.1. The quantitative estimate of drug-likeness (QED) is 0.881. The van der Waals surface area contributed by atoms with Crippen molar-refractivity contribution < 1.29 is 4.39 Å². The molecule has 1 heterocycles. The third-order valence-corrected chi connectivity index (χ3v) is 4.23. The van der Waals surface area contributed by atoms with Gasteiger partial charge in [0, 0.05) is 25.7 Å². The molecule has 2 nitrogen and oxygen atoms in total. The van der Waals surface area contributed by atoms with Crippen LogP contribution in [-0.4, -0.2) is 19.1 Å². The van der Waals surface area contributed by atoms with Crippen LogP contribution in [0, 0.1) is 17.7 Å². The Morgan fingerprint density at radius 1 is 1.30 bits per heavy atom. The summed E-state index contributed by atoms with van der Waals surface area (Å²) in [5, 5.41) is 3.32. The fraction of sp³-hybridized carbons (Fsp3) is 0.647. The fourth-order valence-corrected chi connectivity index (χ4v) is 2.79. The van der Waals surface area contributed by atoms with E-state index in [1.165, 1.54) is 6.42 Å². The zero-order chi connectivity index (χ0) is 14.7. The molecule has 1 aliphatic heterocycles. The van der Waals surface area contributed by atoms with E-state index in [1.54, 1.807) is 6.07 Å². The molecule has 0 amide bonds. The van der Waals surface area contributed by atoms with Gasteiger partial charge in [-0.1, -0.05) is 33.8 Å². The molecule has 0 spiro atoms. The normalized spacial score (nSPS) is 19.4. The second kappa shape index (κ2) is 6.57. The molecule has 0 bridgehead atoms. The summed E-state index contributed by atoms with van der Waals surface area (Å²) >= 11 is 0. The van der Waals surface area contributed by atoms with E-state index in [-0.39, 0.29) is 5.82 Å². The van der Waals surface area contributed by atoms with E-state index in [4.69, 9.17) is 0 Å². The number of nitrogens with zero attached hydrogens (tertiary/aromatic N) is 1. The molecule has 1 saturated heterocycles. The molecule has 1 atom stereocenters.